The van der Waals surface area contributed by atoms with Gasteiger partial charge in [0.05, 0.1) is 17.2 Å². The number of nitrogens with one attached hydrogen (secondary N) is 1. The number of nitriles is 1. The standard InChI is InChI=1S/C21H20FN5O2S/c1-29-18-6-7-21(15(18)11-30-20(24)27-21)14-8-13(3-4-16(14)22)26-19(28)17-5-2-12(9-23)10-25-17/h2-5,8,10,15,18H,6-7,11H2,1H3,(H2,24,27)(H,26,28)/t15-,18+,21+/m1/s1. The molecule has 3 atom stereocenters. The van der Waals surface area contributed by atoms with Crippen molar-refractivity contribution in [1.29, 1.82) is 5.26 Å². The summed E-state index contributed by atoms with van der Waals surface area (Å²) in [4.78, 5) is 21.2. The van der Waals surface area contributed by atoms with Crippen LogP contribution in [0.4, 0.5) is 10.1 Å². The molecule has 4 rings (SSSR count). The number of carbonyl (C=O) groups excluding carboxylic acids is 1. The van der Waals surface area contributed by atoms with Crippen molar-refractivity contribution in [1.82, 2.24) is 4.98 Å². The van der Waals surface area contributed by atoms with Crippen LogP contribution in [0.5, 0.6) is 0 Å². The number of rotatable bonds is 4. The van der Waals surface area contributed by atoms with Gasteiger partial charge in [-0.3, -0.25) is 9.79 Å². The van der Waals surface area contributed by atoms with Crippen molar-refractivity contribution < 1.29 is 13.9 Å². The summed E-state index contributed by atoms with van der Waals surface area (Å²) in [6, 6.07) is 9.39. The minimum atomic E-state index is -0.812. The number of aromatic nitrogens is 1. The molecule has 2 heterocycles. The molecule has 0 bridgehead atoms. The van der Waals surface area contributed by atoms with E-state index < -0.39 is 17.3 Å². The number of hydrogen-bond acceptors (Lipinski definition) is 7. The smallest absolute Gasteiger partial charge is 0.274 e. The van der Waals surface area contributed by atoms with Crippen LogP contribution in [-0.4, -0.2) is 35.0 Å². The van der Waals surface area contributed by atoms with Crippen molar-refractivity contribution in [3.8, 4) is 6.07 Å². The first-order valence-corrected chi connectivity index (χ1v) is 10.4. The summed E-state index contributed by atoms with van der Waals surface area (Å²) in [6.45, 7) is 0. The quantitative estimate of drug-likeness (QED) is 0.778. The van der Waals surface area contributed by atoms with Gasteiger partial charge in [-0.05, 0) is 43.2 Å². The number of ether oxygens (including phenoxy) is 1. The van der Waals surface area contributed by atoms with Crippen molar-refractivity contribution in [3.05, 3.63) is 59.2 Å². The zero-order valence-corrected chi connectivity index (χ0v) is 17.1. The van der Waals surface area contributed by atoms with Crippen molar-refractivity contribution >= 4 is 28.5 Å². The van der Waals surface area contributed by atoms with Crippen molar-refractivity contribution in [2.75, 3.05) is 18.2 Å². The molecule has 1 aliphatic heterocycles. The first-order chi connectivity index (χ1) is 14.5. The molecule has 1 aromatic carbocycles. The van der Waals surface area contributed by atoms with Crippen molar-refractivity contribution in [3.63, 3.8) is 0 Å². The number of halogens is 1. The normalized spacial score (nSPS) is 25.2. The Kier molecular flexibility index (Phi) is 5.45. The van der Waals surface area contributed by atoms with Crippen LogP contribution in [0.1, 0.15) is 34.5 Å². The second-order valence-electron chi connectivity index (χ2n) is 7.30. The van der Waals surface area contributed by atoms with Crippen LogP contribution in [-0.2, 0) is 10.3 Å². The van der Waals surface area contributed by atoms with E-state index in [1.165, 1.54) is 42.2 Å². The number of amides is 1. The van der Waals surface area contributed by atoms with Gasteiger partial charge in [0.1, 0.15) is 17.6 Å². The van der Waals surface area contributed by atoms with E-state index in [2.05, 4.69) is 15.3 Å². The molecule has 1 saturated carbocycles. The van der Waals surface area contributed by atoms with Gasteiger partial charge < -0.3 is 15.8 Å². The summed E-state index contributed by atoms with van der Waals surface area (Å²) < 4.78 is 20.6. The number of pyridine rings is 1. The molecule has 1 fully saturated rings. The summed E-state index contributed by atoms with van der Waals surface area (Å²) in [5, 5.41) is 12.0. The van der Waals surface area contributed by atoms with Gasteiger partial charge in [0.25, 0.3) is 5.91 Å². The Balaban J connectivity index is 1.67. The average Bonchev–Trinajstić information content (AvgIpc) is 3.13. The fourth-order valence-corrected chi connectivity index (χ4v) is 5.31. The van der Waals surface area contributed by atoms with Crippen LogP contribution in [0.15, 0.2) is 41.5 Å². The number of anilines is 1. The number of hydrogen-bond donors (Lipinski definition) is 2. The number of amidine groups is 1. The van der Waals surface area contributed by atoms with Gasteiger partial charge in [-0.25, -0.2) is 9.37 Å². The Morgan fingerprint density at radius 1 is 1.43 bits per heavy atom. The van der Waals surface area contributed by atoms with Crippen molar-refractivity contribution in [2.24, 2.45) is 16.6 Å². The summed E-state index contributed by atoms with van der Waals surface area (Å²) in [6.07, 6.45) is 2.66. The fourth-order valence-electron chi connectivity index (χ4n) is 4.25. The lowest BCUT2D eigenvalue weighted by atomic mass is 9.80. The molecule has 2 aliphatic rings. The van der Waals surface area contributed by atoms with Crippen LogP contribution in [0.2, 0.25) is 0 Å². The molecule has 7 nitrogen and oxygen atoms in total. The summed E-state index contributed by atoms with van der Waals surface area (Å²) >= 11 is 1.45. The molecule has 1 aromatic heterocycles. The SMILES string of the molecule is CO[C@H]1CC[C@@]2(c3cc(NC(=O)c4ccc(C#N)cn4)ccc3F)N=C(N)SC[C@H]12. The maximum absolute atomic E-state index is 15.0. The summed E-state index contributed by atoms with van der Waals surface area (Å²) in [5.41, 5.74) is 6.56. The largest absolute Gasteiger partial charge is 0.381 e. The number of carbonyl (C=O) groups is 1. The van der Waals surface area contributed by atoms with Gasteiger partial charge in [0.2, 0.25) is 0 Å². The molecular formula is C21H20FN5O2S. The van der Waals surface area contributed by atoms with Crippen LogP contribution in [0, 0.1) is 23.1 Å². The van der Waals surface area contributed by atoms with Crippen LogP contribution in [0.25, 0.3) is 0 Å². The fraction of sp³-hybridized carbons (Fsp3) is 0.333. The van der Waals surface area contributed by atoms with E-state index in [9.17, 15) is 9.18 Å². The molecule has 2 aromatic rings. The van der Waals surface area contributed by atoms with Crippen LogP contribution < -0.4 is 11.1 Å². The van der Waals surface area contributed by atoms with E-state index in [4.69, 9.17) is 15.7 Å². The Morgan fingerprint density at radius 2 is 2.27 bits per heavy atom. The molecule has 1 amide bonds. The second-order valence-corrected chi connectivity index (χ2v) is 8.34. The zero-order chi connectivity index (χ0) is 21.3. The predicted octanol–water partition coefficient (Wildman–Crippen LogP) is 3.03. The van der Waals surface area contributed by atoms with Gasteiger partial charge in [0, 0.05) is 36.2 Å². The van der Waals surface area contributed by atoms with Crippen molar-refractivity contribution in [2.45, 2.75) is 24.5 Å². The number of fused-ring (bicyclic) bond motifs is 1. The number of benzene rings is 1. The molecule has 0 unspecified atom stereocenters. The Labute approximate surface area is 177 Å². The number of nitrogens with two attached hydrogens (primary N) is 1. The first-order valence-electron chi connectivity index (χ1n) is 9.45. The van der Waals surface area contributed by atoms with Gasteiger partial charge in [-0.2, -0.15) is 5.26 Å². The molecule has 0 saturated heterocycles. The lowest BCUT2D eigenvalue weighted by Crippen LogP contribution is -2.41. The molecule has 1 aliphatic carbocycles. The highest BCUT2D eigenvalue weighted by Crippen LogP contribution is 2.52. The molecule has 3 N–H and O–H groups in total. The molecule has 9 heteroatoms. The maximum atomic E-state index is 15.0. The Hall–Kier alpha value is -2.96. The molecule has 30 heavy (non-hydrogen) atoms. The summed E-state index contributed by atoms with van der Waals surface area (Å²) in [7, 11) is 1.66. The van der Waals surface area contributed by atoms with Gasteiger partial charge >= 0.3 is 0 Å². The third kappa shape index (κ3) is 3.53. The van der Waals surface area contributed by atoms with Gasteiger partial charge in [0.15, 0.2) is 5.17 Å². The van der Waals surface area contributed by atoms with E-state index in [1.54, 1.807) is 13.2 Å². The highest BCUT2D eigenvalue weighted by molar-refractivity contribution is 8.13. The topological polar surface area (TPSA) is 113 Å². The van der Waals surface area contributed by atoms with E-state index in [0.29, 0.717) is 34.2 Å². The van der Waals surface area contributed by atoms with E-state index in [-0.39, 0.29) is 17.7 Å². The lowest BCUT2D eigenvalue weighted by Gasteiger charge is -2.37. The number of aliphatic imine (C=N–C) groups is 1. The Morgan fingerprint density at radius 3 is 2.97 bits per heavy atom. The number of nitrogens with zero attached hydrogens (tertiary/aromatic N) is 3. The lowest BCUT2D eigenvalue weighted by molar-refractivity contribution is 0.0645. The van der Waals surface area contributed by atoms with Crippen LogP contribution in [0.3, 0.4) is 0 Å². The third-order valence-corrected chi connectivity index (χ3v) is 6.62. The molecule has 0 radical (unpaired) electrons. The first kappa shape index (κ1) is 20.3. The van der Waals surface area contributed by atoms with Gasteiger partial charge in [-0.1, -0.05) is 11.8 Å². The molecular weight excluding hydrogens is 405 g/mol. The summed E-state index contributed by atoms with van der Waals surface area (Å²) in [5.74, 6) is -0.163. The monoisotopic (exact) mass is 425 g/mol. The predicted molar refractivity (Wildman–Crippen MR) is 113 cm³/mol. The van der Waals surface area contributed by atoms with E-state index in [1.807, 2.05) is 6.07 Å². The van der Waals surface area contributed by atoms with E-state index in [0.717, 1.165) is 6.42 Å². The minimum Gasteiger partial charge on any atom is -0.381 e. The number of methoxy groups -OCH3 is 1. The van der Waals surface area contributed by atoms with Crippen LogP contribution >= 0.6 is 11.8 Å². The molecule has 0 spiro atoms. The highest BCUT2D eigenvalue weighted by Gasteiger charge is 2.53. The van der Waals surface area contributed by atoms with Gasteiger partial charge in [-0.15, -0.1) is 0 Å². The zero-order valence-electron chi connectivity index (χ0n) is 16.3. The second kappa shape index (κ2) is 8.05. The third-order valence-electron chi connectivity index (χ3n) is 5.71. The van der Waals surface area contributed by atoms with E-state index >= 15 is 0 Å². The Bertz CT molecular complexity index is 1050. The minimum absolute atomic E-state index is 0.0135. The highest BCUT2D eigenvalue weighted by atomic mass is 32.2. The number of thioether (sulfide) groups is 1. The average molecular weight is 425 g/mol. The molecule has 154 valence electrons. The maximum Gasteiger partial charge on any atom is 0.274 e.